The summed E-state index contributed by atoms with van der Waals surface area (Å²) in [6.45, 7) is 4.61. The predicted molar refractivity (Wildman–Crippen MR) is 324 cm³/mol. The van der Waals surface area contributed by atoms with Gasteiger partial charge in [0.15, 0.2) is 0 Å². The van der Waals surface area contributed by atoms with Gasteiger partial charge in [-0.15, -0.1) is 0 Å². The van der Waals surface area contributed by atoms with Gasteiger partial charge in [0.05, 0.1) is 39.9 Å². The van der Waals surface area contributed by atoms with Crippen molar-refractivity contribution in [1.82, 2.24) is 5.32 Å². The maximum absolute atomic E-state index is 13.0. The molecule has 9 nitrogen and oxygen atoms in total. The van der Waals surface area contributed by atoms with Gasteiger partial charge in [0.1, 0.15) is 19.3 Å². The van der Waals surface area contributed by atoms with Crippen LogP contribution in [0, 0.1) is 0 Å². The van der Waals surface area contributed by atoms with Crippen molar-refractivity contribution < 1.29 is 38.0 Å². The molecule has 0 aromatic heterocycles. The predicted octanol–water partition coefficient (Wildman–Crippen LogP) is 19.3. The Morgan fingerprint density at radius 3 is 1.07 bits per heavy atom. The number of aliphatic hydroxyl groups is 2. The van der Waals surface area contributed by atoms with E-state index < -0.39 is 32.7 Å². The number of carbonyl (C=O) groups is 1. The zero-order chi connectivity index (χ0) is 55.0. The minimum atomic E-state index is -4.43. The third-order valence-corrected chi connectivity index (χ3v) is 16.2. The summed E-state index contributed by atoms with van der Waals surface area (Å²) in [5.74, 6) is -0.262. The summed E-state index contributed by atoms with van der Waals surface area (Å²) in [5.41, 5.74) is 0. The fraction of sp³-hybridized carbons (Fsp3) is 0.923. The van der Waals surface area contributed by atoms with Crippen LogP contribution in [0.15, 0.2) is 24.3 Å². The van der Waals surface area contributed by atoms with Crippen molar-refractivity contribution in [2.24, 2.45) is 0 Å². The molecule has 0 aliphatic rings. The second kappa shape index (κ2) is 56.2. The molecule has 0 rings (SSSR count). The smallest absolute Gasteiger partial charge is 0.390 e. The van der Waals surface area contributed by atoms with Crippen molar-refractivity contribution in [1.29, 1.82) is 0 Å². The molecule has 1 amide bonds. The molecule has 0 heterocycles. The van der Waals surface area contributed by atoms with Gasteiger partial charge in [-0.2, -0.15) is 0 Å². The van der Waals surface area contributed by atoms with E-state index in [-0.39, 0.29) is 18.9 Å². The zero-order valence-electron chi connectivity index (χ0n) is 50.7. The molecule has 446 valence electrons. The van der Waals surface area contributed by atoms with Gasteiger partial charge in [-0.25, -0.2) is 4.57 Å². The molecule has 0 radical (unpaired) electrons. The molecule has 0 fully saturated rings. The van der Waals surface area contributed by atoms with Crippen LogP contribution >= 0.6 is 7.82 Å². The summed E-state index contributed by atoms with van der Waals surface area (Å²) in [5, 5.41) is 24.8. The van der Waals surface area contributed by atoms with Crippen LogP contribution in [0.3, 0.4) is 0 Å². The molecule has 0 aliphatic heterocycles. The molecule has 0 aromatic carbocycles. The van der Waals surface area contributed by atoms with Crippen LogP contribution in [0.4, 0.5) is 0 Å². The van der Waals surface area contributed by atoms with Crippen LogP contribution in [0.1, 0.15) is 328 Å². The normalized spacial score (nSPS) is 14.3. The summed E-state index contributed by atoms with van der Waals surface area (Å²) in [6, 6.07) is -1.05. The lowest BCUT2D eigenvalue weighted by Crippen LogP contribution is -2.51. The molecule has 4 N–H and O–H groups in total. The maximum Gasteiger partial charge on any atom is 0.472 e. The van der Waals surface area contributed by atoms with Crippen LogP contribution in [0.5, 0.6) is 0 Å². The number of phosphoric acid groups is 1. The molecule has 4 unspecified atom stereocenters. The third kappa shape index (κ3) is 57.4. The second-order valence-electron chi connectivity index (χ2n) is 24.0. The van der Waals surface area contributed by atoms with Crippen LogP contribution in [-0.4, -0.2) is 84.6 Å². The molecule has 0 aromatic rings. The lowest BCUT2D eigenvalue weighted by Gasteiger charge is -2.28. The fourth-order valence-corrected chi connectivity index (χ4v) is 10.8. The van der Waals surface area contributed by atoms with Crippen LogP contribution in [0.2, 0.25) is 0 Å². The molecule has 0 saturated heterocycles. The summed E-state index contributed by atoms with van der Waals surface area (Å²) in [6.07, 6.45) is 69.0. The molecule has 0 aliphatic carbocycles. The van der Waals surface area contributed by atoms with Gasteiger partial charge in [-0.05, 0) is 64.2 Å². The zero-order valence-corrected chi connectivity index (χ0v) is 51.6. The van der Waals surface area contributed by atoms with E-state index >= 15 is 0 Å². The van der Waals surface area contributed by atoms with E-state index in [1.54, 1.807) is 0 Å². The molecule has 0 bridgehead atoms. The Kier molecular flexibility index (Phi) is 55.4. The van der Waals surface area contributed by atoms with Gasteiger partial charge in [-0.1, -0.05) is 282 Å². The van der Waals surface area contributed by atoms with E-state index in [0.29, 0.717) is 23.9 Å². The average Bonchev–Trinajstić information content (AvgIpc) is 3.37. The fourth-order valence-electron chi connectivity index (χ4n) is 10.1. The number of hydrogen-bond acceptors (Lipinski definition) is 6. The Morgan fingerprint density at radius 1 is 0.453 bits per heavy atom. The number of aliphatic hydroxyl groups excluding tert-OH is 2. The van der Waals surface area contributed by atoms with Crippen molar-refractivity contribution in [3.05, 3.63) is 24.3 Å². The minimum absolute atomic E-state index is 0.0189. The van der Waals surface area contributed by atoms with Gasteiger partial charge < -0.3 is 24.9 Å². The molecule has 10 heteroatoms. The first kappa shape index (κ1) is 73.9. The largest absolute Gasteiger partial charge is 0.472 e. The third-order valence-electron chi connectivity index (χ3n) is 15.3. The molecule has 0 saturated carbocycles. The summed E-state index contributed by atoms with van der Waals surface area (Å²) in [4.78, 5) is 23.3. The maximum atomic E-state index is 13.0. The number of allylic oxidation sites excluding steroid dienone is 4. The lowest BCUT2D eigenvalue weighted by molar-refractivity contribution is -0.870. The number of hydrogen-bond donors (Lipinski definition) is 4. The highest BCUT2D eigenvalue weighted by Crippen LogP contribution is 2.43. The highest BCUT2D eigenvalue weighted by atomic mass is 31.2. The SMILES string of the molecule is CCCCCCCCC/C=C/CCCC(O)C(O)C(COP(=O)(O)OCC[N+](C)(C)C)NC(=O)CCCCCCCCCCCCCCCCCCCCCCCCCCCCC/C=C\CCCCCCCCCC. The number of nitrogens with zero attached hydrogens (tertiary/aromatic N) is 1. The van der Waals surface area contributed by atoms with Crippen LogP contribution in [-0.2, 0) is 18.4 Å². The van der Waals surface area contributed by atoms with E-state index in [0.717, 1.165) is 32.1 Å². The van der Waals surface area contributed by atoms with Crippen molar-refractivity contribution in [2.75, 3.05) is 40.9 Å². The standard InChI is InChI=1S/C65H129N2O7P/c1-6-8-10-12-14-16-18-20-21-22-23-24-25-26-27-28-29-30-31-32-33-34-35-36-37-38-39-40-41-42-43-44-45-46-48-50-52-54-56-58-64(69)66-62(61-74-75(71,72)73-60-59-67(3,4)5)65(70)63(68)57-55-53-51-49-47-19-17-15-13-11-9-7-2/h22-23,49,51,62-63,65,68,70H,6-21,24-48,50,52-61H2,1-5H3,(H-,66,69,71,72)/p+1/b23-22-,51-49+. The van der Waals surface area contributed by atoms with Crippen molar-refractivity contribution in [3.8, 4) is 0 Å². The van der Waals surface area contributed by atoms with E-state index in [4.69, 9.17) is 9.05 Å². The number of carbonyl (C=O) groups excluding carboxylic acids is 1. The first-order chi connectivity index (χ1) is 36.4. The van der Waals surface area contributed by atoms with Crippen LogP contribution in [0.25, 0.3) is 0 Å². The topological polar surface area (TPSA) is 125 Å². The number of rotatable bonds is 61. The van der Waals surface area contributed by atoms with E-state index in [9.17, 15) is 24.5 Å². The summed E-state index contributed by atoms with van der Waals surface area (Å²) < 4.78 is 23.6. The van der Waals surface area contributed by atoms with Crippen molar-refractivity contribution >= 4 is 13.7 Å². The number of quaternary nitrogens is 1. The number of amides is 1. The van der Waals surface area contributed by atoms with Gasteiger partial charge >= 0.3 is 7.82 Å². The minimum Gasteiger partial charge on any atom is -0.390 e. The Morgan fingerprint density at radius 2 is 0.747 bits per heavy atom. The van der Waals surface area contributed by atoms with E-state index in [2.05, 4.69) is 43.5 Å². The molecule has 75 heavy (non-hydrogen) atoms. The molecular formula is C65H130N2O7P+. The van der Waals surface area contributed by atoms with Crippen LogP contribution < -0.4 is 5.32 Å². The summed E-state index contributed by atoms with van der Waals surface area (Å²) in [7, 11) is 1.43. The Hall–Kier alpha value is -1.06. The number of phosphoric ester groups is 1. The number of likely N-dealkylation sites (N-methyl/N-ethyl adjacent to an activating group) is 1. The molecule has 4 atom stereocenters. The molecule has 0 spiro atoms. The van der Waals surface area contributed by atoms with Crippen molar-refractivity contribution in [2.45, 2.75) is 347 Å². The van der Waals surface area contributed by atoms with Gasteiger partial charge in [0.2, 0.25) is 5.91 Å². The first-order valence-corrected chi connectivity index (χ1v) is 34.3. The van der Waals surface area contributed by atoms with Gasteiger partial charge in [-0.3, -0.25) is 13.8 Å². The number of nitrogens with one attached hydrogen (secondary N) is 1. The van der Waals surface area contributed by atoms with Gasteiger partial charge in [0, 0.05) is 6.42 Å². The quantitative estimate of drug-likeness (QED) is 0.0207. The monoisotopic (exact) mass is 1080 g/mol. The van der Waals surface area contributed by atoms with E-state index in [1.807, 2.05) is 21.1 Å². The van der Waals surface area contributed by atoms with Gasteiger partial charge in [0.25, 0.3) is 0 Å². The Labute approximate surface area is 467 Å². The number of unbranched alkanes of at least 4 members (excludes halogenated alkanes) is 43. The highest BCUT2D eigenvalue weighted by molar-refractivity contribution is 7.47. The molecular weight excluding hydrogens is 952 g/mol. The average molecular weight is 1080 g/mol. The summed E-state index contributed by atoms with van der Waals surface area (Å²) >= 11 is 0. The Balaban J connectivity index is 3.90. The highest BCUT2D eigenvalue weighted by Gasteiger charge is 2.32. The van der Waals surface area contributed by atoms with Crippen molar-refractivity contribution in [3.63, 3.8) is 0 Å². The lowest BCUT2D eigenvalue weighted by atomic mass is 10.0. The Bertz CT molecular complexity index is 1290. The first-order valence-electron chi connectivity index (χ1n) is 32.8. The second-order valence-corrected chi connectivity index (χ2v) is 25.4. The van der Waals surface area contributed by atoms with E-state index in [1.165, 1.54) is 263 Å².